The van der Waals surface area contributed by atoms with Crippen LogP contribution in [0.5, 0.6) is 11.5 Å². The van der Waals surface area contributed by atoms with Crippen LogP contribution in [0, 0.1) is 5.92 Å². The molecule has 4 nitrogen and oxygen atoms in total. The Morgan fingerprint density at radius 3 is 3.00 bits per heavy atom. The summed E-state index contributed by atoms with van der Waals surface area (Å²) in [7, 11) is 0. The Labute approximate surface area is 92.8 Å². The molecule has 0 saturated heterocycles. The zero-order valence-electron chi connectivity index (χ0n) is 8.68. The van der Waals surface area contributed by atoms with Crippen LogP contribution >= 0.6 is 0 Å². The lowest BCUT2D eigenvalue weighted by Crippen LogP contribution is -1.96. The Kier molecular flexibility index (Phi) is 2.02. The van der Waals surface area contributed by atoms with Crippen LogP contribution < -0.4 is 9.47 Å². The maximum atomic E-state index is 10.6. The van der Waals surface area contributed by atoms with E-state index in [1.165, 1.54) is 0 Å². The summed E-state index contributed by atoms with van der Waals surface area (Å²) in [6.07, 6.45) is 1.23. The minimum absolute atomic E-state index is 0.263. The standard InChI is InChI=1S/C12H12O4/c13-12(14)5-8-3-9(8)7-1-2-10-11(4-7)16-6-15-10/h1-2,4,8-9H,3,5-6H2,(H,13,14). The molecule has 3 rings (SSSR count). The van der Waals surface area contributed by atoms with Gasteiger partial charge in [0.25, 0.3) is 0 Å². The average molecular weight is 220 g/mol. The first-order valence-electron chi connectivity index (χ1n) is 5.35. The summed E-state index contributed by atoms with van der Waals surface area (Å²) < 4.78 is 10.5. The van der Waals surface area contributed by atoms with Gasteiger partial charge in [-0.15, -0.1) is 0 Å². The van der Waals surface area contributed by atoms with Gasteiger partial charge >= 0.3 is 5.97 Å². The van der Waals surface area contributed by atoms with Crippen LogP contribution in [0.25, 0.3) is 0 Å². The van der Waals surface area contributed by atoms with Crippen LogP contribution in [0.1, 0.15) is 24.3 Å². The molecule has 0 aromatic heterocycles. The largest absolute Gasteiger partial charge is 0.481 e. The van der Waals surface area contributed by atoms with Gasteiger partial charge in [0.2, 0.25) is 6.79 Å². The van der Waals surface area contributed by atoms with E-state index in [1.807, 2.05) is 18.2 Å². The van der Waals surface area contributed by atoms with Crippen LogP contribution in [0.4, 0.5) is 0 Å². The molecule has 1 fully saturated rings. The minimum Gasteiger partial charge on any atom is -0.481 e. The Morgan fingerprint density at radius 1 is 1.38 bits per heavy atom. The monoisotopic (exact) mass is 220 g/mol. The van der Waals surface area contributed by atoms with Crippen LogP contribution in [-0.4, -0.2) is 17.9 Å². The smallest absolute Gasteiger partial charge is 0.303 e. The highest BCUT2D eigenvalue weighted by Gasteiger charge is 2.40. The van der Waals surface area contributed by atoms with Gasteiger partial charge in [-0.1, -0.05) is 6.07 Å². The van der Waals surface area contributed by atoms with Crippen LogP contribution in [0.3, 0.4) is 0 Å². The number of carbonyl (C=O) groups is 1. The van der Waals surface area contributed by atoms with Crippen molar-refractivity contribution in [3.05, 3.63) is 23.8 Å². The number of hydrogen-bond donors (Lipinski definition) is 1. The zero-order chi connectivity index (χ0) is 11.1. The number of carboxylic acids is 1. The van der Waals surface area contributed by atoms with Crippen molar-refractivity contribution in [1.29, 1.82) is 0 Å². The molecular formula is C12H12O4. The predicted octanol–water partition coefficient (Wildman–Crippen LogP) is 1.99. The molecule has 16 heavy (non-hydrogen) atoms. The van der Waals surface area contributed by atoms with Gasteiger partial charge in [0.1, 0.15) is 0 Å². The maximum absolute atomic E-state index is 10.6. The van der Waals surface area contributed by atoms with Crippen LogP contribution in [0.2, 0.25) is 0 Å². The van der Waals surface area contributed by atoms with Crippen molar-refractivity contribution in [2.24, 2.45) is 5.92 Å². The molecule has 2 aliphatic rings. The molecule has 0 radical (unpaired) electrons. The molecule has 0 spiro atoms. The van der Waals surface area contributed by atoms with Gasteiger partial charge in [0, 0.05) is 6.42 Å². The molecule has 1 aliphatic heterocycles. The lowest BCUT2D eigenvalue weighted by Gasteiger charge is -2.01. The number of carboxylic acid groups (broad SMARTS) is 1. The second-order valence-corrected chi connectivity index (χ2v) is 4.31. The Morgan fingerprint density at radius 2 is 2.19 bits per heavy atom. The third-order valence-corrected chi connectivity index (χ3v) is 3.18. The van der Waals surface area contributed by atoms with E-state index < -0.39 is 5.97 Å². The first-order valence-corrected chi connectivity index (χ1v) is 5.35. The topological polar surface area (TPSA) is 55.8 Å². The van der Waals surface area contributed by atoms with E-state index in [4.69, 9.17) is 14.6 Å². The summed E-state index contributed by atoms with van der Waals surface area (Å²) in [5.41, 5.74) is 1.16. The molecule has 1 aromatic rings. The molecule has 4 heteroatoms. The highest BCUT2D eigenvalue weighted by Crippen LogP contribution is 2.51. The van der Waals surface area contributed by atoms with E-state index in [0.717, 1.165) is 23.5 Å². The van der Waals surface area contributed by atoms with Gasteiger partial charge in [-0.3, -0.25) is 4.79 Å². The van der Waals surface area contributed by atoms with Gasteiger partial charge in [0.05, 0.1) is 0 Å². The molecule has 0 amide bonds. The molecule has 1 heterocycles. The third kappa shape index (κ3) is 1.60. The highest BCUT2D eigenvalue weighted by molar-refractivity contribution is 5.68. The quantitative estimate of drug-likeness (QED) is 0.846. The lowest BCUT2D eigenvalue weighted by atomic mass is 10.1. The number of benzene rings is 1. The lowest BCUT2D eigenvalue weighted by molar-refractivity contribution is -0.137. The van der Waals surface area contributed by atoms with Crippen molar-refractivity contribution in [2.45, 2.75) is 18.8 Å². The molecule has 1 saturated carbocycles. The predicted molar refractivity (Wildman–Crippen MR) is 55.7 cm³/mol. The van der Waals surface area contributed by atoms with Gasteiger partial charge in [0.15, 0.2) is 11.5 Å². The van der Waals surface area contributed by atoms with Crippen LogP contribution in [-0.2, 0) is 4.79 Å². The SMILES string of the molecule is O=C(O)CC1CC1c1ccc2c(c1)OCO2. The third-order valence-electron chi connectivity index (χ3n) is 3.18. The Bertz CT molecular complexity index is 441. The maximum Gasteiger partial charge on any atom is 0.303 e. The van der Waals surface area contributed by atoms with E-state index in [2.05, 4.69) is 0 Å². The van der Waals surface area contributed by atoms with E-state index >= 15 is 0 Å². The summed E-state index contributed by atoms with van der Waals surface area (Å²) in [5.74, 6) is 1.51. The summed E-state index contributed by atoms with van der Waals surface area (Å²) in [6, 6.07) is 5.86. The number of ether oxygens (including phenoxy) is 2. The van der Waals surface area contributed by atoms with E-state index in [0.29, 0.717) is 5.92 Å². The molecule has 2 atom stereocenters. The van der Waals surface area contributed by atoms with Crippen molar-refractivity contribution >= 4 is 5.97 Å². The van der Waals surface area contributed by atoms with E-state index in [-0.39, 0.29) is 19.1 Å². The van der Waals surface area contributed by atoms with Crippen molar-refractivity contribution in [1.82, 2.24) is 0 Å². The molecule has 84 valence electrons. The first-order chi connectivity index (χ1) is 7.74. The second kappa shape index (κ2) is 3.40. The second-order valence-electron chi connectivity index (χ2n) is 4.31. The average Bonchev–Trinajstić information content (AvgIpc) is 2.84. The van der Waals surface area contributed by atoms with Gasteiger partial charge in [-0.05, 0) is 36.0 Å². The summed E-state index contributed by atoms with van der Waals surface area (Å²) in [5, 5.41) is 8.70. The van der Waals surface area contributed by atoms with Crippen molar-refractivity contribution in [2.75, 3.05) is 6.79 Å². The molecule has 0 bridgehead atoms. The van der Waals surface area contributed by atoms with Crippen LogP contribution in [0.15, 0.2) is 18.2 Å². The first kappa shape index (κ1) is 9.51. The number of hydrogen-bond acceptors (Lipinski definition) is 3. The van der Waals surface area contributed by atoms with Gasteiger partial charge in [-0.2, -0.15) is 0 Å². The van der Waals surface area contributed by atoms with Gasteiger partial charge in [-0.25, -0.2) is 0 Å². The fourth-order valence-corrected chi connectivity index (χ4v) is 2.25. The van der Waals surface area contributed by atoms with Gasteiger partial charge < -0.3 is 14.6 Å². The Hall–Kier alpha value is -1.71. The van der Waals surface area contributed by atoms with Crippen molar-refractivity contribution in [3.63, 3.8) is 0 Å². The van der Waals surface area contributed by atoms with E-state index in [1.54, 1.807) is 0 Å². The fourth-order valence-electron chi connectivity index (χ4n) is 2.25. The zero-order valence-corrected chi connectivity index (χ0v) is 8.68. The molecule has 2 unspecified atom stereocenters. The molecular weight excluding hydrogens is 208 g/mol. The van der Waals surface area contributed by atoms with Crippen molar-refractivity contribution < 1.29 is 19.4 Å². The molecule has 1 aromatic carbocycles. The highest BCUT2D eigenvalue weighted by atomic mass is 16.7. The van der Waals surface area contributed by atoms with E-state index in [9.17, 15) is 4.79 Å². The number of aliphatic carboxylic acids is 1. The fraction of sp³-hybridized carbons (Fsp3) is 0.417. The normalized spacial score (nSPS) is 25.5. The summed E-state index contributed by atoms with van der Waals surface area (Å²) in [6.45, 7) is 0.280. The number of rotatable bonds is 3. The summed E-state index contributed by atoms with van der Waals surface area (Å²) in [4.78, 5) is 10.6. The molecule has 1 aliphatic carbocycles. The summed E-state index contributed by atoms with van der Waals surface area (Å²) >= 11 is 0. The number of fused-ring (bicyclic) bond motifs is 1. The minimum atomic E-state index is -0.715. The molecule has 1 N–H and O–H groups in total. The Balaban J connectivity index is 1.75. The van der Waals surface area contributed by atoms with Crippen molar-refractivity contribution in [3.8, 4) is 11.5 Å².